The molecule has 0 saturated heterocycles. The number of benzene rings is 1. The Bertz CT molecular complexity index is 372. The lowest BCUT2D eigenvalue weighted by Crippen LogP contribution is -2.34. The van der Waals surface area contributed by atoms with Gasteiger partial charge >= 0.3 is 0 Å². The van der Waals surface area contributed by atoms with Gasteiger partial charge in [-0.15, -0.1) is 0 Å². The lowest BCUT2D eigenvalue weighted by atomic mass is 10.1. The quantitative estimate of drug-likeness (QED) is 0.726. The summed E-state index contributed by atoms with van der Waals surface area (Å²) in [5.41, 5.74) is 0.799. The minimum Gasteiger partial charge on any atom is -0.497 e. The number of hydrogen-bond acceptors (Lipinski definition) is 5. The molecule has 1 aromatic carbocycles. The van der Waals surface area contributed by atoms with Crippen molar-refractivity contribution in [2.45, 2.75) is 12.2 Å². The van der Waals surface area contributed by atoms with Gasteiger partial charge in [-0.05, 0) is 24.7 Å². The molecule has 1 aromatic rings. The highest BCUT2D eigenvalue weighted by Crippen LogP contribution is 2.19. The van der Waals surface area contributed by atoms with Crippen molar-refractivity contribution < 1.29 is 19.7 Å². The van der Waals surface area contributed by atoms with Crippen LogP contribution < -0.4 is 4.74 Å². The summed E-state index contributed by atoms with van der Waals surface area (Å²) in [5, 5.41) is 19.8. The summed E-state index contributed by atoms with van der Waals surface area (Å²) in [6.07, 6.45) is -1.16. The molecule has 0 spiro atoms. The third-order valence-corrected chi connectivity index (χ3v) is 2.84. The smallest absolute Gasteiger partial charge is 0.119 e. The minimum absolute atomic E-state index is 0.291. The van der Waals surface area contributed by atoms with Crippen molar-refractivity contribution in [2.24, 2.45) is 0 Å². The highest BCUT2D eigenvalue weighted by molar-refractivity contribution is 5.29. The maximum Gasteiger partial charge on any atom is 0.119 e. The van der Waals surface area contributed by atoms with E-state index >= 15 is 0 Å². The summed E-state index contributed by atoms with van der Waals surface area (Å²) in [4.78, 5) is 1.87. The fourth-order valence-corrected chi connectivity index (χ4v) is 1.93. The second kappa shape index (κ2) is 8.12. The molecule has 2 N–H and O–H groups in total. The van der Waals surface area contributed by atoms with Gasteiger partial charge in [0.2, 0.25) is 0 Å². The molecule has 5 heteroatoms. The van der Waals surface area contributed by atoms with Crippen LogP contribution in [0, 0.1) is 0 Å². The molecule has 2 unspecified atom stereocenters. The van der Waals surface area contributed by atoms with Crippen LogP contribution >= 0.6 is 0 Å². The Balaban J connectivity index is 2.51. The predicted molar refractivity (Wildman–Crippen MR) is 73.3 cm³/mol. The number of aliphatic hydroxyl groups is 2. The first kappa shape index (κ1) is 15.9. The molecular weight excluding hydrogens is 246 g/mol. The first-order valence-corrected chi connectivity index (χ1v) is 6.24. The van der Waals surface area contributed by atoms with E-state index in [9.17, 15) is 10.2 Å². The molecule has 0 saturated carbocycles. The first-order chi connectivity index (χ1) is 9.06. The van der Waals surface area contributed by atoms with E-state index in [1.165, 1.54) is 0 Å². The maximum absolute atomic E-state index is 10.1. The van der Waals surface area contributed by atoms with Gasteiger partial charge in [0, 0.05) is 20.2 Å². The Morgan fingerprint density at radius 2 is 1.95 bits per heavy atom. The van der Waals surface area contributed by atoms with Gasteiger partial charge < -0.3 is 24.6 Å². The van der Waals surface area contributed by atoms with Crippen molar-refractivity contribution in [3.05, 3.63) is 29.8 Å². The average Bonchev–Trinajstić information content (AvgIpc) is 2.38. The van der Waals surface area contributed by atoms with Crippen molar-refractivity contribution in [1.82, 2.24) is 4.90 Å². The Morgan fingerprint density at radius 3 is 2.58 bits per heavy atom. The third kappa shape index (κ3) is 5.57. The lowest BCUT2D eigenvalue weighted by molar-refractivity contribution is 0.0318. The zero-order valence-corrected chi connectivity index (χ0v) is 11.7. The highest BCUT2D eigenvalue weighted by Gasteiger charge is 2.14. The van der Waals surface area contributed by atoms with Crippen LogP contribution in [0.25, 0.3) is 0 Å². The molecule has 0 heterocycles. The van der Waals surface area contributed by atoms with Crippen LogP contribution in [-0.4, -0.2) is 62.2 Å². The molecule has 0 aliphatic carbocycles. The topological polar surface area (TPSA) is 62.2 Å². The second-order valence-corrected chi connectivity index (χ2v) is 4.62. The molecule has 1 rings (SSSR count). The molecular formula is C14H23NO4. The minimum atomic E-state index is -0.616. The second-order valence-electron chi connectivity index (χ2n) is 4.62. The molecule has 0 aliphatic heterocycles. The Labute approximate surface area is 114 Å². The number of nitrogens with zero attached hydrogens (tertiary/aromatic N) is 1. The van der Waals surface area contributed by atoms with Crippen LogP contribution in [0.1, 0.15) is 11.7 Å². The number of methoxy groups -OCH3 is 2. The van der Waals surface area contributed by atoms with Gasteiger partial charge in [0.1, 0.15) is 5.75 Å². The van der Waals surface area contributed by atoms with E-state index in [4.69, 9.17) is 9.47 Å². The van der Waals surface area contributed by atoms with Crippen molar-refractivity contribution in [2.75, 3.05) is 41.0 Å². The van der Waals surface area contributed by atoms with Gasteiger partial charge in [-0.1, -0.05) is 12.1 Å². The summed E-state index contributed by atoms with van der Waals surface area (Å²) >= 11 is 0. The lowest BCUT2D eigenvalue weighted by Gasteiger charge is -2.23. The van der Waals surface area contributed by atoms with E-state index in [1.807, 2.05) is 36.2 Å². The SMILES string of the molecule is COCC(O)CN(C)CC(O)c1cccc(OC)c1. The Kier molecular flexibility index (Phi) is 6.80. The van der Waals surface area contributed by atoms with Gasteiger partial charge in [-0.3, -0.25) is 0 Å². The third-order valence-electron chi connectivity index (χ3n) is 2.84. The fourth-order valence-electron chi connectivity index (χ4n) is 1.93. The number of aliphatic hydroxyl groups excluding tert-OH is 2. The van der Waals surface area contributed by atoms with Gasteiger partial charge in [0.05, 0.1) is 25.9 Å². The molecule has 108 valence electrons. The van der Waals surface area contributed by atoms with E-state index in [1.54, 1.807) is 14.2 Å². The van der Waals surface area contributed by atoms with E-state index in [0.29, 0.717) is 19.7 Å². The largest absolute Gasteiger partial charge is 0.497 e. The molecule has 0 amide bonds. The fraction of sp³-hybridized carbons (Fsp3) is 0.571. The molecule has 0 aliphatic rings. The van der Waals surface area contributed by atoms with Crippen LogP contribution in [0.4, 0.5) is 0 Å². The maximum atomic E-state index is 10.1. The van der Waals surface area contributed by atoms with Gasteiger partial charge in [0.25, 0.3) is 0 Å². The van der Waals surface area contributed by atoms with Crippen molar-refractivity contribution in [3.8, 4) is 5.75 Å². The molecule has 0 radical (unpaired) electrons. The van der Waals surface area contributed by atoms with Crippen LogP contribution in [0.5, 0.6) is 5.75 Å². The summed E-state index contributed by atoms with van der Waals surface area (Å²) in [7, 11) is 5.00. The Hall–Kier alpha value is -1.14. The van der Waals surface area contributed by atoms with Crippen LogP contribution in [0.15, 0.2) is 24.3 Å². The number of ether oxygens (including phenoxy) is 2. The van der Waals surface area contributed by atoms with Crippen LogP contribution in [0.2, 0.25) is 0 Å². The average molecular weight is 269 g/mol. The van der Waals surface area contributed by atoms with E-state index in [2.05, 4.69) is 0 Å². The van der Waals surface area contributed by atoms with Crippen molar-refractivity contribution in [1.29, 1.82) is 0 Å². The standard InChI is InChI=1S/C14H23NO4/c1-15(8-12(16)10-18-2)9-14(17)11-5-4-6-13(7-11)19-3/h4-7,12,14,16-17H,8-10H2,1-3H3. The predicted octanol–water partition coefficient (Wildman–Crippen LogP) is 0.668. The zero-order chi connectivity index (χ0) is 14.3. The van der Waals surface area contributed by atoms with E-state index < -0.39 is 12.2 Å². The molecule has 0 bridgehead atoms. The van der Waals surface area contributed by atoms with Crippen molar-refractivity contribution in [3.63, 3.8) is 0 Å². The monoisotopic (exact) mass is 269 g/mol. The van der Waals surface area contributed by atoms with Crippen molar-refractivity contribution >= 4 is 0 Å². The van der Waals surface area contributed by atoms with Crippen LogP contribution in [-0.2, 0) is 4.74 Å². The number of rotatable bonds is 8. The summed E-state index contributed by atoms with van der Waals surface area (Å²) in [5.74, 6) is 0.721. The molecule has 5 nitrogen and oxygen atoms in total. The summed E-state index contributed by atoms with van der Waals surface area (Å²) in [6.45, 7) is 1.18. The van der Waals surface area contributed by atoms with E-state index in [-0.39, 0.29) is 0 Å². The molecule has 0 fully saturated rings. The Morgan fingerprint density at radius 1 is 1.21 bits per heavy atom. The molecule has 2 atom stereocenters. The highest BCUT2D eigenvalue weighted by atomic mass is 16.5. The van der Waals surface area contributed by atoms with Gasteiger partial charge in [-0.2, -0.15) is 0 Å². The summed E-state index contributed by atoms with van der Waals surface area (Å²) < 4.78 is 9.99. The van der Waals surface area contributed by atoms with Gasteiger partial charge in [0.15, 0.2) is 0 Å². The zero-order valence-electron chi connectivity index (χ0n) is 11.7. The number of hydrogen-bond donors (Lipinski definition) is 2. The summed E-state index contributed by atoms with van der Waals surface area (Å²) in [6, 6.07) is 7.34. The van der Waals surface area contributed by atoms with Gasteiger partial charge in [-0.25, -0.2) is 0 Å². The van der Waals surface area contributed by atoms with E-state index in [0.717, 1.165) is 11.3 Å². The molecule has 0 aromatic heterocycles. The van der Waals surface area contributed by atoms with Crippen LogP contribution in [0.3, 0.4) is 0 Å². The molecule has 19 heavy (non-hydrogen) atoms. The normalized spacial score (nSPS) is 14.4. The number of likely N-dealkylation sites (N-methyl/N-ethyl adjacent to an activating group) is 1. The first-order valence-electron chi connectivity index (χ1n) is 6.24.